The average molecular weight is 417 g/mol. The molecule has 4 rings (SSSR count). The number of ether oxygens (including phenoxy) is 1. The molecule has 3 aromatic rings. The highest BCUT2D eigenvalue weighted by atomic mass is 35.5. The number of amides is 1. The summed E-state index contributed by atoms with van der Waals surface area (Å²) in [6.45, 7) is 1.19. The van der Waals surface area contributed by atoms with Crippen molar-refractivity contribution in [3.05, 3.63) is 52.8 Å². The Kier molecular flexibility index (Phi) is 5.32. The van der Waals surface area contributed by atoms with Gasteiger partial charge in [-0.2, -0.15) is 4.98 Å². The second-order valence-electron chi connectivity index (χ2n) is 7.31. The monoisotopic (exact) mass is 416 g/mol. The fourth-order valence-electron chi connectivity index (χ4n) is 3.98. The van der Waals surface area contributed by atoms with E-state index in [1.807, 2.05) is 21.6 Å². The predicted octanol–water partition coefficient (Wildman–Crippen LogP) is 3.83. The van der Waals surface area contributed by atoms with E-state index >= 15 is 0 Å². The highest BCUT2D eigenvalue weighted by Crippen LogP contribution is 2.32. The first-order valence-electron chi connectivity index (χ1n) is 9.49. The molecular weight excluding hydrogens is 395 g/mol. The van der Waals surface area contributed by atoms with Crippen molar-refractivity contribution in [2.75, 3.05) is 25.9 Å². The summed E-state index contributed by atoms with van der Waals surface area (Å²) < 4.78 is 21.1. The number of carbonyl (C=O) groups is 1. The Morgan fingerprint density at radius 3 is 2.93 bits per heavy atom. The number of aromatic nitrogens is 2. The molecule has 2 aromatic carbocycles. The third-order valence-electron chi connectivity index (χ3n) is 5.26. The van der Waals surface area contributed by atoms with Crippen molar-refractivity contribution in [1.29, 1.82) is 0 Å². The van der Waals surface area contributed by atoms with E-state index in [9.17, 15) is 9.18 Å². The Hall–Kier alpha value is -2.80. The summed E-state index contributed by atoms with van der Waals surface area (Å²) in [6, 6.07) is 10.3. The van der Waals surface area contributed by atoms with Gasteiger partial charge in [-0.05, 0) is 54.8 Å². The van der Waals surface area contributed by atoms with Gasteiger partial charge in [-0.25, -0.2) is 4.39 Å². The second-order valence-corrected chi connectivity index (χ2v) is 7.74. The maximum Gasteiger partial charge on any atom is 0.297 e. The minimum Gasteiger partial charge on any atom is -0.468 e. The SMILES string of the molecule is COc1nc2ccc(N)cc2n1[C@H]1CCCN(C(=O)Cc2cc(F)cc(Cl)c2)C1. The van der Waals surface area contributed by atoms with Crippen LogP contribution >= 0.6 is 11.6 Å². The Balaban J connectivity index is 1.58. The van der Waals surface area contributed by atoms with Crippen LogP contribution in [0.4, 0.5) is 10.1 Å². The van der Waals surface area contributed by atoms with Gasteiger partial charge in [-0.3, -0.25) is 9.36 Å². The minimum absolute atomic E-state index is 0.0190. The topological polar surface area (TPSA) is 73.4 Å². The molecule has 1 saturated heterocycles. The van der Waals surface area contributed by atoms with E-state index in [2.05, 4.69) is 4.98 Å². The van der Waals surface area contributed by atoms with Crippen LogP contribution < -0.4 is 10.5 Å². The normalized spacial score (nSPS) is 16.9. The number of nitrogen functional groups attached to an aromatic ring is 1. The number of nitrogens with two attached hydrogens (primary N) is 1. The molecule has 1 fully saturated rings. The molecule has 1 aromatic heterocycles. The number of rotatable bonds is 4. The largest absolute Gasteiger partial charge is 0.468 e. The van der Waals surface area contributed by atoms with Crippen LogP contribution in [-0.4, -0.2) is 40.6 Å². The lowest BCUT2D eigenvalue weighted by Crippen LogP contribution is -2.41. The molecule has 0 saturated carbocycles. The molecule has 0 bridgehead atoms. The van der Waals surface area contributed by atoms with Crippen LogP contribution in [0.15, 0.2) is 36.4 Å². The minimum atomic E-state index is -0.441. The lowest BCUT2D eigenvalue weighted by molar-refractivity contribution is -0.132. The number of hydrogen-bond donors (Lipinski definition) is 1. The Morgan fingerprint density at radius 2 is 2.17 bits per heavy atom. The van der Waals surface area contributed by atoms with E-state index in [4.69, 9.17) is 22.1 Å². The van der Waals surface area contributed by atoms with E-state index in [0.717, 1.165) is 23.9 Å². The molecule has 1 aliphatic heterocycles. The van der Waals surface area contributed by atoms with E-state index < -0.39 is 5.82 Å². The number of carbonyl (C=O) groups excluding carboxylic acids is 1. The zero-order chi connectivity index (χ0) is 20.5. The zero-order valence-corrected chi connectivity index (χ0v) is 16.8. The smallest absolute Gasteiger partial charge is 0.297 e. The summed E-state index contributed by atoms with van der Waals surface area (Å²) in [7, 11) is 1.58. The number of likely N-dealkylation sites (tertiary alicyclic amines) is 1. The standard InChI is InChI=1S/C21H22ClFN4O2/c1-29-21-25-18-5-4-16(24)11-19(18)27(21)17-3-2-6-26(12-17)20(28)9-13-7-14(22)10-15(23)8-13/h4-5,7-8,10-11,17H,2-3,6,9,12,24H2,1H3/t17-/m0/s1. The summed E-state index contributed by atoms with van der Waals surface area (Å²) in [5.74, 6) is -0.497. The van der Waals surface area contributed by atoms with Crippen LogP contribution in [0, 0.1) is 5.82 Å². The van der Waals surface area contributed by atoms with Crippen LogP contribution in [0.5, 0.6) is 6.01 Å². The van der Waals surface area contributed by atoms with Crippen molar-refractivity contribution < 1.29 is 13.9 Å². The lowest BCUT2D eigenvalue weighted by Gasteiger charge is -2.34. The third kappa shape index (κ3) is 4.00. The van der Waals surface area contributed by atoms with Crippen LogP contribution in [0.2, 0.25) is 5.02 Å². The van der Waals surface area contributed by atoms with Gasteiger partial charge < -0.3 is 15.4 Å². The summed E-state index contributed by atoms with van der Waals surface area (Å²) in [6.07, 6.45) is 1.86. The quantitative estimate of drug-likeness (QED) is 0.656. The van der Waals surface area contributed by atoms with Crippen LogP contribution in [0.1, 0.15) is 24.4 Å². The number of fused-ring (bicyclic) bond motifs is 1. The molecule has 152 valence electrons. The van der Waals surface area contributed by atoms with Gasteiger partial charge in [-0.1, -0.05) is 11.6 Å². The first-order valence-corrected chi connectivity index (χ1v) is 9.86. The molecule has 0 unspecified atom stereocenters. The molecular formula is C21H22ClFN4O2. The molecule has 0 radical (unpaired) electrons. The van der Waals surface area contributed by atoms with Crippen molar-refractivity contribution in [1.82, 2.24) is 14.5 Å². The first kappa shape index (κ1) is 19.5. The van der Waals surface area contributed by atoms with Gasteiger partial charge in [0.2, 0.25) is 5.91 Å². The van der Waals surface area contributed by atoms with Gasteiger partial charge in [0.15, 0.2) is 0 Å². The summed E-state index contributed by atoms with van der Waals surface area (Å²) >= 11 is 5.91. The number of benzene rings is 2. The maximum absolute atomic E-state index is 13.6. The molecule has 1 atom stereocenters. The molecule has 2 N–H and O–H groups in total. The van der Waals surface area contributed by atoms with E-state index in [0.29, 0.717) is 30.4 Å². The van der Waals surface area contributed by atoms with E-state index in [1.54, 1.807) is 19.2 Å². The zero-order valence-electron chi connectivity index (χ0n) is 16.1. The molecule has 8 heteroatoms. The molecule has 6 nitrogen and oxygen atoms in total. The number of halogens is 2. The van der Waals surface area contributed by atoms with Gasteiger partial charge in [0.1, 0.15) is 5.82 Å². The van der Waals surface area contributed by atoms with E-state index in [-0.39, 0.29) is 23.4 Å². The first-order chi connectivity index (χ1) is 13.9. The van der Waals surface area contributed by atoms with Gasteiger partial charge >= 0.3 is 0 Å². The maximum atomic E-state index is 13.6. The van der Waals surface area contributed by atoms with Crippen molar-refractivity contribution >= 4 is 34.2 Å². The molecule has 1 amide bonds. The Labute approximate surface area is 173 Å². The number of methoxy groups -OCH3 is 1. The Morgan fingerprint density at radius 1 is 1.34 bits per heavy atom. The fourth-order valence-corrected chi connectivity index (χ4v) is 4.22. The van der Waals surface area contributed by atoms with Crippen molar-refractivity contribution in [2.45, 2.75) is 25.3 Å². The van der Waals surface area contributed by atoms with Crippen molar-refractivity contribution in [2.24, 2.45) is 0 Å². The number of nitrogens with zero attached hydrogens (tertiary/aromatic N) is 3. The highest BCUT2D eigenvalue weighted by Gasteiger charge is 2.28. The average Bonchev–Trinajstić information content (AvgIpc) is 3.05. The molecule has 0 aliphatic carbocycles. The number of imidazole rings is 1. The van der Waals surface area contributed by atoms with Gasteiger partial charge in [0.05, 0.1) is 30.6 Å². The number of piperidine rings is 1. The summed E-state index contributed by atoms with van der Waals surface area (Å²) in [5.41, 5.74) is 8.87. The van der Waals surface area contributed by atoms with Crippen molar-refractivity contribution in [3.63, 3.8) is 0 Å². The van der Waals surface area contributed by atoms with Gasteiger partial charge in [-0.15, -0.1) is 0 Å². The predicted molar refractivity (Wildman–Crippen MR) is 111 cm³/mol. The number of anilines is 1. The van der Waals surface area contributed by atoms with Crippen LogP contribution in [0.25, 0.3) is 11.0 Å². The molecule has 0 spiro atoms. The molecule has 2 heterocycles. The molecule has 29 heavy (non-hydrogen) atoms. The van der Waals surface area contributed by atoms with Gasteiger partial charge in [0, 0.05) is 23.8 Å². The summed E-state index contributed by atoms with van der Waals surface area (Å²) in [4.78, 5) is 19.2. The van der Waals surface area contributed by atoms with Crippen molar-refractivity contribution in [3.8, 4) is 6.01 Å². The highest BCUT2D eigenvalue weighted by molar-refractivity contribution is 6.30. The van der Waals surface area contributed by atoms with E-state index in [1.165, 1.54) is 12.1 Å². The Bertz CT molecular complexity index is 1050. The molecule has 1 aliphatic rings. The number of hydrogen-bond acceptors (Lipinski definition) is 4. The van der Waals surface area contributed by atoms with Gasteiger partial charge in [0.25, 0.3) is 6.01 Å². The fraction of sp³-hybridized carbons (Fsp3) is 0.333. The second kappa shape index (κ2) is 7.91. The lowest BCUT2D eigenvalue weighted by atomic mass is 10.0. The summed E-state index contributed by atoms with van der Waals surface area (Å²) in [5, 5.41) is 0.288. The van der Waals surface area contributed by atoms with Crippen LogP contribution in [-0.2, 0) is 11.2 Å². The van der Waals surface area contributed by atoms with Crippen LogP contribution in [0.3, 0.4) is 0 Å². The third-order valence-corrected chi connectivity index (χ3v) is 5.47.